The maximum atomic E-state index is 3.73. The van der Waals surface area contributed by atoms with Gasteiger partial charge in [0.05, 0.1) is 0 Å². The summed E-state index contributed by atoms with van der Waals surface area (Å²) in [4.78, 5) is 0. The maximum absolute atomic E-state index is 3.73. The number of hydrogen-bond acceptors (Lipinski definition) is 2. The van der Waals surface area contributed by atoms with E-state index in [2.05, 4.69) is 24.0 Å². The maximum Gasteiger partial charge on any atom is 0.0147 e. The minimum Gasteiger partial charge on any atom is -0.313 e. The fourth-order valence-electron chi connectivity index (χ4n) is 2.86. The molecule has 2 saturated carbocycles. The van der Waals surface area contributed by atoms with Crippen molar-refractivity contribution in [3.8, 4) is 0 Å². The molecule has 0 radical (unpaired) electrons. The number of hydrogen-bond donors (Lipinski definition) is 1. The van der Waals surface area contributed by atoms with E-state index in [4.69, 9.17) is 0 Å². The normalized spacial score (nSPS) is 26.2. The molecule has 0 bridgehead atoms. The van der Waals surface area contributed by atoms with E-state index in [-0.39, 0.29) is 0 Å². The Bertz CT molecular complexity index is 171. The molecular weight excluding hydrogens is 202 g/mol. The second-order valence-electron chi connectivity index (χ2n) is 5.24. The van der Waals surface area contributed by atoms with E-state index >= 15 is 0 Å². The zero-order valence-corrected chi connectivity index (χ0v) is 10.8. The van der Waals surface area contributed by atoms with Crippen molar-refractivity contribution < 1.29 is 0 Å². The topological polar surface area (TPSA) is 12.0 Å². The molecule has 88 valence electrons. The van der Waals surface area contributed by atoms with E-state index in [1.165, 1.54) is 57.9 Å². The molecule has 2 aliphatic carbocycles. The molecule has 0 aromatic heterocycles. The molecule has 0 aromatic carbocycles. The fourth-order valence-corrected chi connectivity index (χ4v) is 4.32. The highest BCUT2D eigenvalue weighted by Crippen LogP contribution is 2.32. The van der Waals surface area contributed by atoms with Crippen molar-refractivity contribution in [2.24, 2.45) is 0 Å². The molecule has 0 spiro atoms. The van der Waals surface area contributed by atoms with Crippen molar-refractivity contribution in [1.82, 2.24) is 5.32 Å². The second-order valence-corrected chi connectivity index (χ2v) is 6.99. The van der Waals surface area contributed by atoms with Crippen molar-refractivity contribution in [2.45, 2.75) is 74.8 Å². The minimum atomic E-state index is 0.814. The molecular formula is C13H25NS. The summed E-state index contributed by atoms with van der Waals surface area (Å²) in [7, 11) is 0. The zero-order valence-electron chi connectivity index (χ0n) is 10.0. The van der Waals surface area contributed by atoms with Crippen LogP contribution in [0.2, 0.25) is 0 Å². The summed E-state index contributed by atoms with van der Waals surface area (Å²) in [5, 5.41) is 5.53. The largest absolute Gasteiger partial charge is 0.313 e. The molecule has 0 aromatic rings. The fraction of sp³-hybridized carbons (Fsp3) is 1.00. The van der Waals surface area contributed by atoms with Crippen LogP contribution < -0.4 is 5.32 Å². The van der Waals surface area contributed by atoms with Gasteiger partial charge in [-0.2, -0.15) is 11.8 Å². The van der Waals surface area contributed by atoms with Crippen molar-refractivity contribution in [2.75, 3.05) is 6.54 Å². The van der Waals surface area contributed by atoms with Crippen LogP contribution in [0.4, 0.5) is 0 Å². The highest BCUT2D eigenvalue weighted by Gasteiger charge is 2.19. The Morgan fingerprint density at radius 2 is 1.67 bits per heavy atom. The molecule has 2 fully saturated rings. The Balaban J connectivity index is 1.57. The van der Waals surface area contributed by atoms with Gasteiger partial charge in [-0.1, -0.05) is 32.6 Å². The Labute approximate surface area is 98.8 Å². The van der Waals surface area contributed by atoms with Gasteiger partial charge >= 0.3 is 0 Å². The van der Waals surface area contributed by atoms with E-state index in [1.54, 1.807) is 0 Å². The molecule has 2 aliphatic rings. The summed E-state index contributed by atoms with van der Waals surface area (Å²) in [6, 6.07) is 0.844. The van der Waals surface area contributed by atoms with Gasteiger partial charge < -0.3 is 5.32 Å². The van der Waals surface area contributed by atoms with Gasteiger partial charge in [0.25, 0.3) is 0 Å². The van der Waals surface area contributed by atoms with Crippen molar-refractivity contribution in [1.29, 1.82) is 0 Å². The summed E-state index contributed by atoms with van der Waals surface area (Å²) in [5.74, 6) is 0. The van der Waals surface area contributed by atoms with Crippen LogP contribution in [0, 0.1) is 0 Å². The number of nitrogens with one attached hydrogen (secondary N) is 1. The lowest BCUT2D eigenvalue weighted by Crippen LogP contribution is -2.32. The number of thioether (sulfide) groups is 1. The molecule has 0 saturated heterocycles. The summed E-state index contributed by atoms with van der Waals surface area (Å²) >= 11 is 2.23. The highest BCUT2D eigenvalue weighted by molar-refractivity contribution is 8.00. The van der Waals surface area contributed by atoms with Gasteiger partial charge in [-0.3, -0.25) is 0 Å². The predicted octanol–water partition coefficient (Wildman–Crippen LogP) is 3.58. The van der Waals surface area contributed by atoms with Crippen molar-refractivity contribution in [3.63, 3.8) is 0 Å². The smallest absolute Gasteiger partial charge is 0.0147 e. The van der Waals surface area contributed by atoms with E-state index in [0.717, 1.165) is 16.5 Å². The lowest BCUT2D eigenvalue weighted by molar-refractivity contribution is 0.527. The van der Waals surface area contributed by atoms with Crippen LogP contribution in [0.15, 0.2) is 0 Å². The monoisotopic (exact) mass is 227 g/mol. The van der Waals surface area contributed by atoms with Crippen LogP contribution in [-0.4, -0.2) is 23.1 Å². The zero-order chi connectivity index (χ0) is 10.5. The predicted molar refractivity (Wildman–Crippen MR) is 69.6 cm³/mol. The summed E-state index contributed by atoms with van der Waals surface area (Å²) < 4.78 is 0. The second kappa shape index (κ2) is 6.15. The molecule has 0 aliphatic heterocycles. The van der Waals surface area contributed by atoms with E-state index in [0.29, 0.717) is 0 Å². The van der Waals surface area contributed by atoms with Crippen LogP contribution in [-0.2, 0) is 0 Å². The van der Waals surface area contributed by atoms with Crippen LogP contribution in [0.1, 0.15) is 58.3 Å². The lowest BCUT2D eigenvalue weighted by atomic mass is 10.2. The van der Waals surface area contributed by atoms with Crippen molar-refractivity contribution >= 4 is 11.8 Å². The SMILES string of the molecule is CC(CNC1CCCC1)SC1CCCC1. The van der Waals surface area contributed by atoms with Gasteiger partial charge in [0.15, 0.2) is 0 Å². The van der Waals surface area contributed by atoms with Gasteiger partial charge in [0.1, 0.15) is 0 Å². The Morgan fingerprint density at radius 3 is 2.33 bits per heavy atom. The first-order valence-corrected chi connectivity index (χ1v) is 7.68. The molecule has 1 atom stereocenters. The molecule has 15 heavy (non-hydrogen) atoms. The van der Waals surface area contributed by atoms with Gasteiger partial charge in [-0.25, -0.2) is 0 Å². The standard InChI is InChI=1S/C13H25NS/c1-11(15-13-8-4-5-9-13)10-14-12-6-2-3-7-12/h11-14H,2-10H2,1H3. The average molecular weight is 227 g/mol. The molecule has 2 heteroatoms. The molecule has 2 rings (SSSR count). The first-order valence-electron chi connectivity index (χ1n) is 6.73. The van der Waals surface area contributed by atoms with Crippen LogP contribution in [0.3, 0.4) is 0 Å². The first-order chi connectivity index (χ1) is 7.34. The van der Waals surface area contributed by atoms with Crippen LogP contribution in [0.5, 0.6) is 0 Å². The quantitative estimate of drug-likeness (QED) is 0.770. The summed E-state index contributed by atoms with van der Waals surface area (Å²) in [5.41, 5.74) is 0. The third kappa shape index (κ3) is 3.99. The third-order valence-corrected chi connectivity index (χ3v) is 5.26. The Kier molecular flexibility index (Phi) is 4.83. The lowest BCUT2D eigenvalue weighted by Gasteiger charge is -2.19. The van der Waals surface area contributed by atoms with Crippen molar-refractivity contribution in [3.05, 3.63) is 0 Å². The van der Waals surface area contributed by atoms with Gasteiger partial charge in [0, 0.05) is 23.1 Å². The molecule has 0 amide bonds. The van der Waals surface area contributed by atoms with Crippen LogP contribution >= 0.6 is 11.8 Å². The Hall–Kier alpha value is 0.310. The third-order valence-electron chi connectivity index (χ3n) is 3.78. The summed E-state index contributed by atoms with van der Waals surface area (Å²) in [6.07, 6.45) is 11.6. The van der Waals surface area contributed by atoms with E-state index < -0.39 is 0 Å². The molecule has 0 heterocycles. The molecule has 1 N–H and O–H groups in total. The number of rotatable bonds is 5. The van der Waals surface area contributed by atoms with Gasteiger partial charge in [-0.05, 0) is 25.7 Å². The molecule has 1 unspecified atom stereocenters. The van der Waals surface area contributed by atoms with E-state index in [9.17, 15) is 0 Å². The molecule has 1 nitrogen and oxygen atoms in total. The first kappa shape index (κ1) is 11.8. The minimum absolute atomic E-state index is 0.814. The Morgan fingerprint density at radius 1 is 1.07 bits per heavy atom. The summed E-state index contributed by atoms with van der Waals surface area (Å²) in [6.45, 7) is 3.62. The average Bonchev–Trinajstić information content (AvgIpc) is 2.86. The van der Waals surface area contributed by atoms with Crippen LogP contribution in [0.25, 0.3) is 0 Å². The van der Waals surface area contributed by atoms with Gasteiger partial charge in [0.2, 0.25) is 0 Å². The van der Waals surface area contributed by atoms with Gasteiger partial charge in [-0.15, -0.1) is 0 Å². The van der Waals surface area contributed by atoms with E-state index in [1.807, 2.05) is 0 Å². The highest BCUT2D eigenvalue weighted by atomic mass is 32.2.